The zero-order valence-corrected chi connectivity index (χ0v) is 12.9. The van der Waals surface area contributed by atoms with E-state index >= 15 is 0 Å². The Morgan fingerprint density at radius 3 is 2.52 bits per heavy atom. The van der Waals surface area contributed by atoms with E-state index in [0.29, 0.717) is 13.0 Å². The highest BCUT2D eigenvalue weighted by Gasteiger charge is 2.38. The van der Waals surface area contributed by atoms with Gasteiger partial charge in [-0.15, -0.1) is 0 Å². The van der Waals surface area contributed by atoms with E-state index in [1.807, 2.05) is 30.3 Å². The zero-order valence-electron chi connectivity index (χ0n) is 12.9. The van der Waals surface area contributed by atoms with E-state index in [2.05, 4.69) is 5.32 Å². The number of ether oxygens (including phenoxy) is 1. The van der Waals surface area contributed by atoms with Crippen molar-refractivity contribution < 1.29 is 19.1 Å². The van der Waals surface area contributed by atoms with Crippen molar-refractivity contribution in [2.24, 2.45) is 5.92 Å². The van der Waals surface area contributed by atoms with E-state index in [4.69, 9.17) is 4.74 Å². The number of amides is 3. The predicted octanol–water partition coefficient (Wildman–Crippen LogP) is 1.84. The Balaban J connectivity index is 1.53. The third-order valence-corrected chi connectivity index (χ3v) is 4.19. The highest BCUT2D eigenvalue weighted by Crippen LogP contribution is 2.29. The Morgan fingerprint density at radius 1 is 1.09 bits per heavy atom. The first-order chi connectivity index (χ1) is 11.1. The summed E-state index contributed by atoms with van der Waals surface area (Å²) in [5.41, 5.74) is 0.893. The first-order valence-electron chi connectivity index (χ1n) is 7.97. The van der Waals surface area contributed by atoms with Crippen LogP contribution in [0, 0.1) is 5.92 Å². The fourth-order valence-corrected chi connectivity index (χ4v) is 2.71. The van der Waals surface area contributed by atoms with Crippen LogP contribution in [0.2, 0.25) is 0 Å². The maximum absolute atomic E-state index is 12.2. The number of imide groups is 1. The largest absolute Gasteiger partial charge is 0.445 e. The van der Waals surface area contributed by atoms with Gasteiger partial charge in [-0.05, 0) is 31.2 Å². The van der Waals surface area contributed by atoms with Crippen LogP contribution in [-0.2, 0) is 20.9 Å². The van der Waals surface area contributed by atoms with Gasteiger partial charge in [0.05, 0.1) is 0 Å². The van der Waals surface area contributed by atoms with E-state index in [-0.39, 0.29) is 18.4 Å². The Bertz CT molecular complexity index is 598. The number of benzene rings is 1. The van der Waals surface area contributed by atoms with Crippen molar-refractivity contribution in [3.63, 3.8) is 0 Å². The van der Waals surface area contributed by atoms with Crippen LogP contribution in [0.1, 0.15) is 31.2 Å². The molecule has 0 aromatic heterocycles. The summed E-state index contributed by atoms with van der Waals surface area (Å²) in [6, 6.07) is 8.77. The highest BCUT2D eigenvalue weighted by atomic mass is 16.6. The van der Waals surface area contributed by atoms with Crippen molar-refractivity contribution in [3.05, 3.63) is 35.9 Å². The van der Waals surface area contributed by atoms with E-state index in [0.717, 1.165) is 24.8 Å². The van der Waals surface area contributed by atoms with Crippen molar-refractivity contribution in [2.45, 2.75) is 38.3 Å². The van der Waals surface area contributed by atoms with Crippen molar-refractivity contribution in [1.82, 2.24) is 10.2 Å². The lowest BCUT2D eigenvalue weighted by Crippen LogP contribution is -2.48. The van der Waals surface area contributed by atoms with E-state index in [9.17, 15) is 14.4 Å². The summed E-state index contributed by atoms with van der Waals surface area (Å²) in [5, 5.41) is 2.42. The molecule has 0 spiro atoms. The molecule has 6 nitrogen and oxygen atoms in total. The molecule has 0 bridgehead atoms. The van der Waals surface area contributed by atoms with Crippen molar-refractivity contribution in [1.29, 1.82) is 0 Å². The summed E-state index contributed by atoms with van der Waals surface area (Å²) in [6.07, 6.45) is 2.46. The summed E-state index contributed by atoms with van der Waals surface area (Å²) in [5.74, 6) is -0.644. The zero-order chi connectivity index (χ0) is 16.2. The lowest BCUT2D eigenvalue weighted by atomic mass is 10.2. The lowest BCUT2D eigenvalue weighted by Gasteiger charge is -2.23. The maximum atomic E-state index is 12.2. The van der Waals surface area contributed by atoms with Crippen molar-refractivity contribution >= 4 is 17.9 Å². The molecule has 3 amide bonds. The number of carbonyl (C=O) groups is 3. The highest BCUT2D eigenvalue weighted by molar-refractivity contribution is 6.00. The van der Waals surface area contributed by atoms with Gasteiger partial charge in [0.25, 0.3) is 0 Å². The van der Waals surface area contributed by atoms with Crippen LogP contribution in [0.3, 0.4) is 0 Å². The minimum absolute atomic E-state index is 0.0289. The maximum Gasteiger partial charge on any atom is 0.410 e. The van der Waals surface area contributed by atoms with Gasteiger partial charge in [0.2, 0.25) is 11.8 Å². The summed E-state index contributed by atoms with van der Waals surface area (Å²) in [6.45, 7) is 0.648. The summed E-state index contributed by atoms with van der Waals surface area (Å²) in [4.78, 5) is 37.5. The van der Waals surface area contributed by atoms with Crippen molar-refractivity contribution in [2.75, 3.05) is 6.54 Å². The topological polar surface area (TPSA) is 75.7 Å². The molecule has 1 heterocycles. The molecule has 1 aliphatic carbocycles. The normalized spacial score (nSPS) is 20.2. The average molecular weight is 316 g/mol. The van der Waals surface area contributed by atoms with Crippen LogP contribution in [0.5, 0.6) is 0 Å². The minimum atomic E-state index is -0.610. The molecule has 1 aliphatic heterocycles. The number of nitrogens with zero attached hydrogens (tertiary/aromatic N) is 1. The summed E-state index contributed by atoms with van der Waals surface area (Å²) in [7, 11) is 0. The SMILES string of the molecule is O=C(NC(=O)[C@@H]1CCCN1C(=O)OCc1ccccc1)C1CC1. The van der Waals surface area contributed by atoms with Gasteiger partial charge in [-0.3, -0.25) is 19.8 Å². The Labute approximate surface area is 134 Å². The van der Waals surface area contributed by atoms with E-state index in [1.54, 1.807) is 0 Å². The molecular weight excluding hydrogens is 296 g/mol. The smallest absolute Gasteiger partial charge is 0.410 e. The molecule has 1 aromatic carbocycles. The van der Waals surface area contributed by atoms with E-state index < -0.39 is 18.0 Å². The van der Waals surface area contributed by atoms with Gasteiger partial charge < -0.3 is 4.74 Å². The molecule has 3 rings (SSSR count). The van der Waals surface area contributed by atoms with Gasteiger partial charge in [0, 0.05) is 12.5 Å². The van der Waals surface area contributed by atoms with E-state index in [1.165, 1.54) is 4.90 Å². The molecule has 0 unspecified atom stereocenters. The van der Waals surface area contributed by atoms with Crippen molar-refractivity contribution in [3.8, 4) is 0 Å². The molecular formula is C17H20N2O4. The molecule has 1 N–H and O–H groups in total. The molecule has 1 aromatic rings. The molecule has 1 saturated heterocycles. The third-order valence-electron chi connectivity index (χ3n) is 4.19. The summed E-state index contributed by atoms with van der Waals surface area (Å²) < 4.78 is 5.28. The quantitative estimate of drug-likeness (QED) is 0.860. The molecule has 1 saturated carbocycles. The monoisotopic (exact) mass is 316 g/mol. The Hall–Kier alpha value is -2.37. The second kappa shape index (κ2) is 6.81. The van der Waals surface area contributed by atoms with Gasteiger partial charge >= 0.3 is 6.09 Å². The molecule has 122 valence electrons. The summed E-state index contributed by atoms with van der Waals surface area (Å²) >= 11 is 0. The van der Waals surface area contributed by atoms with Gasteiger partial charge in [0.1, 0.15) is 12.6 Å². The number of likely N-dealkylation sites (tertiary alicyclic amines) is 1. The number of rotatable bonds is 4. The number of hydrogen-bond donors (Lipinski definition) is 1. The van der Waals surface area contributed by atoms with Gasteiger partial charge in [-0.2, -0.15) is 0 Å². The minimum Gasteiger partial charge on any atom is -0.445 e. The van der Waals surface area contributed by atoms with Gasteiger partial charge in [-0.25, -0.2) is 4.79 Å². The van der Waals surface area contributed by atoms with Crippen LogP contribution in [0.25, 0.3) is 0 Å². The average Bonchev–Trinajstić information content (AvgIpc) is 3.30. The second-order valence-electron chi connectivity index (χ2n) is 6.02. The van der Waals surface area contributed by atoms with Gasteiger partial charge in [0.15, 0.2) is 0 Å². The Kier molecular flexibility index (Phi) is 4.60. The fraction of sp³-hybridized carbons (Fsp3) is 0.471. The number of hydrogen-bond acceptors (Lipinski definition) is 4. The second-order valence-corrected chi connectivity index (χ2v) is 6.02. The van der Waals surface area contributed by atoms with Gasteiger partial charge in [-0.1, -0.05) is 30.3 Å². The predicted molar refractivity (Wildman–Crippen MR) is 82.2 cm³/mol. The molecule has 6 heteroatoms. The first kappa shape index (κ1) is 15.5. The third kappa shape index (κ3) is 3.88. The lowest BCUT2D eigenvalue weighted by molar-refractivity contribution is -0.133. The Morgan fingerprint density at radius 2 is 1.83 bits per heavy atom. The first-order valence-corrected chi connectivity index (χ1v) is 7.97. The molecule has 2 fully saturated rings. The number of nitrogens with one attached hydrogen (secondary N) is 1. The molecule has 2 aliphatic rings. The molecule has 23 heavy (non-hydrogen) atoms. The van der Waals surface area contributed by atoms with Crippen LogP contribution in [-0.4, -0.2) is 35.4 Å². The fourth-order valence-electron chi connectivity index (χ4n) is 2.71. The van der Waals surface area contributed by atoms with Crippen LogP contribution in [0.15, 0.2) is 30.3 Å². The number of carbonyl (C=O) groups excluding carboxylic acids is 3. The molecule has 1 atom stereocenters. The molecule has 0 radical (unpaired) electrons. The standard InChI is InChI=1S/C17H20N2O4/c20-15(13-8-9-13)18-16(21)14-7-4-10-19(14)17(22)23-11-12-5-2-1-3-6-12/h1-3,5-6,13-14H,4,7-11H2,(H,18,20,21)/t14-/m0/s1. The van der Waals surface area contributed by atoms with Crippen LogP contribution in [0.4, 0.5) is 4.79 Å². The van der Waals surface area contributed by atoms with Crippen LogP contribution < -0.4 is 5.32 Å². The van der Waals surface area contributed by atoms with Crippen LogP contribution >= 0.6 is 0 Å².